The summed E-state index contributed by atoms with van der Waals surface area (Å²) in [6.07, 6.45) is 3.44. The number of rotatable bonds is 4. The zero-order chi connectivity index (χ0) is 11.8. The summed E-state index contributed by atoms with van der Waals surface area (Å²) in [6, 6.07) is 5.66. The van der Waals surface area contributed by atoms with E-state index in [0.717, 1.165) is 27.9 Å². The van der Waals surface area contributed by atoms with Crippen LogP contribution in [-0.2, 0) is 6.42 Å². The van der Waals surface area contributed by atoms with Gasteiger partial charge in [0.15, 0.2) is 0 Å². The lowest BCUT2D eigenvalue weighted by Crippen LogP contribution is -2.24. The molecule has 1 atom stereocenters. The molecule has 0 aromatic heterocycles. The highest BCUT2D eigenvalue weighted by Crippen LogP contribution is 2.49. The van der Waals surface area contributed by atoms with E-state index in [0.29, 0.717) is 5.88 Å². The molecule has 1 fully saturated rings. The van der Waals surface area contributed by atoms with E-state index < -0.39 is 0 Å². The number of alkyl halides is 1. The Morgan fingerprint density at radius 3 is 2.25 bits per heavy atom. The van der Waals surface area contributed by atoms with E-state index in [4.69, 9.17) is 34.8 Å². The quantitative estimate of drug-likeness (QED) is 0.664. The largest absolute Gasteiger partial charge is 0.126 e. The van der Waals surface area contributed by atoms with Crippen LogP contribution in [0.4, 0.5) is 0 Å². The van der Waals surface area contributed by atoms with Crippen LogP contribution in [0.5, 0.6) is 0 Å². The van der Waals surface area contributed by atoms with E-state index in [9.17, 15) is 0 Å². The Hall–Kier alpha value is 0.0900. The molecule has 3 heteroatoms. The number of hydrogen-bond donors (Lipinski definition) is 0. The average Bonchev–Trinajstić information content (AvgIpc) is 3.07. The highest BCUT2D eigenvalue weighted by atomic mass is 35.5. The van der Waals surface area contributed by atoms with Crippen LogP contribution in [0.1, 0.15) is 25.3 Å². The Morgan fingerprint density at radius 2 is 1.81 bits per heavy atom. The molecule has 0 N–H and O–H groups in total. The van der Waals surface area contributed by atoms with Gasteiger partial charge >= 0.3 is 0 Å². The van der Waals surface area contributed by atoms with Gasteiger partial charge in [-0.25, -0.2) is 0 Å². The monoisotopic (exact) mass is 276 g/mol. The van der Waals surface area contributed by atoms with Crippen molar-refractivity contribution in [3.05, 3.63) is 33.8 Å². The minimum Gasteiger partial charge on any atom is -0.126 e. The Morgan fingerprint density at radius 1 is 1.25 bits per heavy atom. The fraction of sp³-hybridized carbons (Fsp3) is 0.538. The van der Waals surface area contributed by atoms with Gasteiger partial charge in [0, 0.05) is 15.9 Å². The molecule has 0 heterocycles. The van der Waals surface area contributed by atoms with E-state index in [1.54, 1.807) is 0 Å². The summed E-state index contributed by atoms with van der Waals surface area (Å²) in [6.45, 7) is 2.23. The first-order valence-corrected chi connectivity index (χ1v) is 6.85. The van der Waals surface area contributed by atoms with Crippen molar-refractivity contribution in [2.45, 2.75) is 26.2 Å². The summed E-state index contributed by atoms with van der Waals surface area (Å²) in [5, 5.41) is 1.51. The Kier molecular flexibility index (Phi) is 3.73. The van der Waals surface area contributed by atoms with Gasteiger partial charge in [-0.05, 0) is 48.3 Å². The van der Waals surface area contributed by atoms with E-state index in [-0.39, 0.29) is 5.41 Å². The van der Waals surface area contributed by atoms with Gasteiger partial charge in [0.25, 0.3) is 0 Å². The molecule has 0 aliphatic heterocycles. The van der Waals surface area contributed by atoms with E-state index in [1.165, 1.54) is 12.8 Å². The SMILES string of the molecule is CC(CCl)(Cc1c(Cl)cccc1Cl)C1CC1. The van der Waals surface area contributed by atoms with E-state index in [1.807, 2.05) is 18.2 Å². The lowest BCUT2D eigenvalue weighted by molar-refractivity contribution is 0.313. The van der Waals surface area contributed by atoms with Gasteiger partial charge in [0.1, 0.15) is 0 Å². The van der Waals surface area contributed by atoms with Gasteiger partial charge in [-0.2, -0.15) is 0 Å². The summed E-state index contributed by atoms with van der Waals surface area (Å²) >= 11 is 18.5. The van der Waals surface area contributed by atoms with Crippen molar-refractivity contribution in [1.82, 2.24) is 0 Å². The summed E-state index contributed by atoms with van der Waals surface area (Å²) in [5.41, 5.74) is 1.18. The third-order valence-corrected chi connectivity index (χ3v) is 4.83. The Balaban J connectivity index is 2.25. The van der Waals surface area contributed by atoms with Gasteiger partial charge in [-0.3, -0.25) is 0 Å². The molecule has 1 aliphatic carbocycles. The second-order valence-corrected chi connectivity index (χ2v) is 6.02. The molecule has 0 nitrogen and oxygen atoms in total. The summed E-state index contributed by atoms with van der Waals surface area (Å²) in [5.74, 6) is 1.40. The number of hydrogen-bond acceptors (Lipinski definition) is 0. The second-order valence-electron chi connectivity index (χ2n) is 4.94. The molecule has 1 aromatic rings. The molecule has 1 saturated carbocycles. The molecule has 0 bridgehead atoms. The molecule has 0 spiro atoms. The molecule has 2 rings (SSSR count). The molecule has 16 heavy (non-hydrogen) atoms. The first-order valence-electron chi connectivity index (χ1n) is 5.56. The molecular formula is C13H15Cl3. The standard InChI is InChI=1S/C13H15Cl3/c1-13(8-14,9-5-6-9)7-10-11(15)3-2-4-12(10)16/h2-4,9H,5-8H2,1H3. The smallest absolute Gasteiger partial charge is 0.0453 e. The van der Waals surface area contributed by atoms with Gasteiger partial charge in [0.05, 0.1) is 0 Å². The van der Waals surface area contributed by atoms with Crippen LogP contribution in [0.3, 0.4) is 0 Å². The summed E-state index contributed by atoms with van der Waals surface area (Å²) in [7, 11) is 0. The second kappa shape index (κ2) is 4.76. The number of halogens is 3. The highest BCUT2D eigenvalue weighted by Gasteiger charge is 2.41. The predicted molar refractivity (Wildman–Crippen MR) is 71.7 cm³/mol. The van der Waals surface area contributed by atoms with Gasteiger partial charge < -0.3 is 0 Å². The lowest BCUT2D eigenvalue weighted by atomic mass is 9.81. The molecule has 0 radical (unpaired) electrons. The third kappa shape index (κ3) is 2.50. The van der Waals surface area contributed by atoms with Gasteiger partial charge in [-0.1, -0.05) is 36.2 Å². The van der Waals surface area contributed by atoms with Gasteiger partial charge in [-0.15, -0.1) is 11.6 Å². The fourth-order valence-corrected chi connectivity index (χ4v) is 3.03. The van der Waals surface area contributed by atoms with Crippen LogP contribution in [0.25, 0.3) is 0 Å². The Labute approximate surface area is 112 Å². The van der Waals surface area contributed by atoms with Crippen molar-refractivity contribution in [2.24, 2.45) is 11.3 Å². The van der Waals surface area contributed by atoms with Gasteiger partial charge in [0.2, 0.25) is 0 Å². The molecule has 1 aromatic carbocycles. The van der Waals surface area contributed by atoms with E-state index in [2.05, 4.69) is 6.92 Å². The van der Waals surface area contributed by atoms with E-state index >= 15 is 0 Å². The Bertz CT molecular complexity index is 365. The minimum atomic E-state index is 0.135. The predicted octanol–water partition coefficient (Wildman–Crippen LogP) is 5.19. The molecule has 1 aliphatic rings. The molecule has 88 valence electrons. The first kappa shape index (κ1) is 12.5. The summed E-state index contributed by atoms with van der Waals surface area (Å²) < 4.78 is 0. The van der Waals surface area contributed by atoms with Crippen molar-refractivity contribution in [3.63, 3.8) is 0 Å². The van der Waals surface area contributed by atoms with Crippen molar-refractivity contribution in [3.8, 4) is 0 Å². The maximum Gasteiger partial charge on any atom is 0.0453 e. The van der Waals surface area contributed by atoms with Crippen molar-refractivity contribution >= 4 is 34.8 Å². The maximum atomic E-state index is 6.19. The minimum absolute atomic E-state index is 0.135. The van der Waals surface area contributed by atoms with Crippen LogP contribution in [0.15, 0.2) is 18.2 Å². The van der Waals surface area contributed by atoms with Crippen molar-refractivity contribution in [1.29, 1.82) is 0 Å². The zero-order valence-electron chi connectivity index (χ0n) is 9.27. The maximum absolute atomic E-state index is 6.19. The number of benzene rings is 1. The highest BCUT2D eigenvalue weighted by molar-refractivity contribution is 6.36. The third-order valence-electron chi connectivity index (χ3n) is 3.51. The van der Waals surface area contributed by atoms with Crippen molar-refractivity contribution in [2.75, 3.05) is 5.88 Å². The first-order chi connectivity index (χ1) is 7.57. The van der Waals surface area contributed by atoms with Crippen LogP contribution in [0, 0.1) is 11.3 Å². The molecule has 1 unspecified atom stereocenters. The molecular weight excluding hydrogens is 263 g/mol. The molecule has 0 amide bonds. The summed E-state index contributed by atoms with van der Waals surface area (Å²) in [4.78, 5) is 0. The fourth-order valence-electron chi connectivity index (χ4n) is 2.19. The lowest BCUT2D eigenvalue weighted by Gasteiger charge is -2.28. The van der Waals surface area contributed by atoms with Crippen LogP contribution in [0.2, 0.25) is 10.0 Å². The average molecular weight is 278 g/mol. The van der Waals surface area contributed by atoms with Crippen LogP contribution >= 0.6 is 34.8 Å². The van der Waals surface area contributed by atoms with Crippen LogP contribution in [-0.4, -0.2) is 5.88 Å². The topological polar surface area (TPSA) is 0 Å². The van der Waals surface area contributed by atoms with Crippen molar-refractivity contribution < 1.29 is 0 Å². The van der Waals surface area contributed by atoms with Crippen LogP contribution < -0.4 is 0 Å². The zero-order valence-corrected chi connectivity index (χ0v) is 11.5. The molecule has 0 saturated heterocycles. The normalized spacial score (nSPS) is 19.5.